The van der Waals surface area contributed by atoms with Gasteiger partial charge in [-0.2, -0.15) is 0 Å². The van der Waals surface area contributed by atoms with Crippen molar-refractivity contribution in [2.75, 3.05) is 13.1 Å². The van der Waals surface area contributed by atoms with E-state index >= 15 is 0 Å². The van der Waals surface area contributed by atoms with Gasteiger partial charge in [-0.05, 0) is 49.8 Å². The van der Waals surface area contributed by atoms with Gasteiger partial charge in [-0.15, -0.1) is 0 Å². The van der Waals surface area contributed by atoms with Gasteiger partial charge in [-0.25, -0.2) is 0 Å². The van der Waals surface area contributed by atoms with Crippen LogP contribution in [-0.2, 0) is 11.2 Å². The maximum atomic E-state index is 11.9. The lowest BCUT2D eigenvalue weighted by molar-refractivity contribution is -0.121. The third-order valence-electron chi connectivity index (χ3n) is 3.74. The van der Waals surface area contributed by atoms with Gasteiger partial charge in [0.15, 0.2) is 0 Å². The smallest absolute Gasteiger partial charge is 0.220 e. The normalized spacial score (nSPS) is 12.2. The highest BCUT2D eigenvalue weighted by atomic mass is 16.1. The fourth-order valence-electron chi connectivity index (χ4n) is 2.48. The Morgan fingerprint density at radius 2 is 2.05 bits per heavy atom. The Bertz CT molecular complexity index is 398. The van der Waals surface area contributed by atoms with Crippen LogP contribution in [0.4, 0.5) is 0 Å². The van der Waals surface area contributed by atoms with Crippen molar-refractivity contribution in [2.24, 2.45) is 11.7 Å². The van der Waals surface area contributed by atoms with Gasteiger partial charge < -0.3 is 11.1 Å². The van der Waals surface area contributed by atoms with Crippen molar-refractivity contribution in [3.63, 3.8) is 0 Å². The first-order valence-corrected chi connectivity index (χ1v) is 7.68. The van der Waals surface area contributed by atoms with Crippen LogP contribution in [0.5, 0.6) is 0 Å². The summed E-state index contributed by atoms with van der Waals surface area (Å²) in [6.45, 7) is 5.72. The lowest BCUT2D eigenvalue weighted by Crippen LogP contribution is -2.30. The molecule has 0 aliphatic rings. The van der Waals surface area contributed by atoms with Crippen LogP contribution in [0.3, 0.4) is 0 Å². The molecule has 3 heteroatoms. The van der Waals surface area contributed by atoms with Crippen LogP contribution in [-0.4, -0.2) is 19.0 Å². The largest absolute Gasteiger partial charge is 0.356 e. The molecule has 0 bridgehead atoms. The average molecular weight is 276 g/mol. The highest BCUT2D eigenvalue weighted by Gasteiger charge is 2.09. The molecule has 1 unspecified atom stereocenters. The minimum Gasteiger partial charge on any atom is -0.356 e. The number of nitrogens with two attached hydrogens (primary N) is 1. The first-order chi connectivity index (χ1) is 9.67. The Labute approximate surface area is 122 Å². The zero-order valence-electron chi connectivity index (χ0n) is 12.8. The van der Waals surface area contributed by atoms with Gasteiger partial charge in [0.1, 0.15) is 0 Å². The van der Waals surface area contributed by atoms with Crippen LogP contribution in [0.15, 0.2) is 24.3 Å². The van der Waals surface area contributed by atoms with E-state index in [1.807, 2.05) is 12.1 Å². The van der Waals surface area contributed by atoms with E-state index in [1.165, 1.54) is 11.1 Å². The van der Waals surface area contributed by atoms with Gasteiger partial charge in [0.25, 0.3) is 0 Å². The molecule has 0 fully saturated rings. The van der Waals surface area contributed by atoms with Crippen LogP contribution < -0.4 is 11.1 Å². The quantitative estimate of drug-likeness (QED) is 0.728. The molecule has 0 heterocycles. The van der Waals surface area contributed by atoms with Crippen molar-refractivity contribution in [2.45, 2.75) is 46.0 Å². The summed E-state index contributed by atoms with van der Waals surface area (Å²) in [5, 5.41) is 3.05. The topological polar surface area (TPSA) is 55.1 Å². The summed E-state index contributed by atoms with van der Waals surface area (Å²) in [5.41, 5.74) is 8.12. The monoisotopic (exact) mass is 276 g/mol. The lowest BCUT2D eigenvalue weighted by atomic mass is 9.99. The molecule has 3 N–H and O–H groups in total. The number of rotatable bonds is 9. The Kier molecular flexibility index (Phi) is 7.97. The van der Waals surface area contributed by atoms with Gasteiger partial charge in [0.05, 0.1) is 0 Å². The van der Waals surface area contributed by atoms with Crippen molar-refractivity contribution in [3.05, 3.63) is 35.4 Å². The molecule has 0 aromatic heterocycles. The van der Waals surface area contributed by atoms with Gasteiger partial charge in [-0.3, -0.25) is 4.79 Å². The van der Waals surface area contributed by atoms with Crippen molar-refractivity contribution >= 4 is 5.91 Å². The van der Waals surface area contributed by atoms with Crippen molar-refractivity contribution < 1.29 is 4.79 Å². The fraction of sp³-hybridized carbons (Fsp3) is 0.588. The number of nitrogens with one attached hydrogen (secondary N) is 1. The van der Waals surface area contributed by atoms with Gasteiger partial charge in [0.2, 0.25) is 5.91 Å². The van der Waals surface area contributed by atoms with E-state index in [2.05, 4.69) is 31.3 Å². The second-order valence-electron chi connectivity index (χ2n) is 5.46. The summed E-state index contributed by atoms with van der Waals surface area (Å²) in [6, 6.07) is 8.24. The Morgan fingerprint density at radius 3 is 2.70 bits per heavy atom. The first-order valence-electron chi connectivity index (χ1n) is 7.68. The molecule has 0 aliphatic heterocycles. The molecule has 0 aliphatic carbocycles. The van der Waals surface area contributed by atoms with Crippen LogP contribution in [0, 0.1) is 12.8 Å². The molecule has 112 valence electrons. The van der Waals surface area contributed by atoms with Gasteiger partial charge in [-0.1, -0.05) is 37.6 Å². The summed E-state index contributed by atoms with van der Waals surface area (Å²) in [5.74, 6) is 0.666. The zero-order chi connectivity index (χ0) is 14.8. The standard InChI is InChI=1S/C17H28N2O/c1-3-6-15(11-12-18)13-19-17(20)10-9-16-8-5-4-7-14(16)2/h4-5,7-8,15H,3,6,9-13,18H2,1-2H3,(H,19,20). The van der Waals surface area contributed by atoms with Crippen LogP contribution in [0.2, 0.25) is 0 Å². The molecule has 1 amide bonds. The van der Waals surface area contributed by atoms with E-state index < -0.39 is 0 Å². The van der Waals surface area contributed by atoms with E-state index in [0.29, 0.717) is 18.9 Å². The number of amides is 1. The van der Waals surface area contributed by atoms with E-state index in [0.717, 1.165) is 32.2 Å². The molecular formula is C17H28N2O. The van der Waals surface area contributed by atoms with E-state index in [1.54, 1.807) is 0 Å². The maximum absolute atomic E-state index is 11.9. The summed E-state index contributed by atoms with van der Waals surface area (Å²) in [6.07, 6.45) is 4.64. The summed E-state index contributed by atoms with van der Waals surface area (Å²) in [7, 11) is 0. The summed E-state index contributed by atoms with van der Waals surface area (Å²) < 4.78 is 0. The molecule has 20 heavy (non-hydrogen) atoms. The molecule has 3 nitrogen and oxygen atoms in total. The van der Waals surface area contributed by atoms with Gasteiger partial charge >= 0.3 is 0 Å². The molecule has 0 saturated carbocycles. The Hall–Kier alpha value is -1.35. The predicted octanol–water partition coefficient (Wildman–Crippen LogP) is 2.81. The number of hydrogen-bond donors (Lipinski definition) is 2. The highest BCUT2D eigenvalue weighted by Crippen LogP contribution is 2.11. The van der Waals surface area contributed by atoms with E-state index in [-0.39, 0.29) is 5.91 Å². The summed E-state index contributed by atoms with van der Waals surface area (Å²) >= 11 is 0. The first kappa shape index (κ1) is 16.7. The minimum absolute atomic E-state index is 0.145. The highest BCUT2D eigenvalue weighted by molar-refractivity contribution is 5.76. The van der Waals surface area contributed by atoms with Crippen LogP contribution in [0.1, 0.15) is 43.7 Å². The molecule has 0 radical (unpaired) electrons. The fourth-order valence-corrected chi connectivity index (χ4v) is 2.48. The van der Waals surface area contributed by atoms with Crippen molar-refractivity contribution in [1.29, 1.82) is 0 Å². The maximum Gasteiger partial charge on any atom is 0.220 e. The van der Waals surface area contributed by atoms with E-state index in [4.69, 9.17) is 5.73 Å². The molecule has 1 aromatic carbocycles. The zero-order valence-corrected chi connectivity index (χ0v) is 12.8. The molecular weight excluding hydrogens is 248 g/mol. The number of aryl methyl sites for hydroxylation is 2. The molecule has 1 aromatic rings. The second-order valence-corrected chi connectivity index (χ2v) is 5.46. The number of benzene rings is 1. The Balaban J connectivity index is 2.31. The lowest BCUT2D eigenvalue weighted by Gasteiger charge is -2.16. The van der Waals surface area contributed by atoms with Crippen molar-refractivity contribution in [3.8, 4) is 0 Å². The van der Waals surface area contributed by atoms with Crippen molar-refractivity contribution in [1.82, 2.24) is 5.32 Å². The SMILES string of the molecule is CCCC(CCN)CNC(=O)CCc1ccccc1C. The summed E-state index contributed by atoms with van der Waals surface area (Å²) in [4.78, 5) is 11.9. The molecule has 1 atom stereocenters. The number of hydrogen-bond acceptors (Lipinski definition) is 2. The molecule has 0 spiro atoms. The molecule has 0 saturated heterocycles. The Morgan fingerprint density at radius 1 is 1.30 bits per heavy atom. The van der Waals surface area contributed by atoms with Crippen LogP contribution in [0.25, 0.3) is 0 Å². The third-order valence-corrected chi connectivity index (χ3v) is 3.74. The van der Waals surface area contributed by atoms with Gasteiger partial charge in [0, 0.05) is 13.0 Å². The molecule has 1 rings (SSSR count). The number of carbonyl (C=O) groups is 1. The average Bonchev–Trinajstić information content (AvgIpc) is 2.44. The predicted molar refractivity (Wildman–Crippen MR) is 84.6 cm³/mol. The van der Waals surface area contributed by atoms with E-state index in [9.17, 15) is 4.79 Å². The third kappa shape index (κ3) is 6.20. The number of carbonyl (C=O) groups excluding carboxylic acids is 1. The minimum atomic E-state index is 0.145. The van der Waals surface area contributed by atoms with Crippen LogP contribution >= 0.6 is 0 Å². The second kappa shape index (κ2) is 9.54.